The summed E-state index contributed by atoms with van der Waals surface area (Å²) in [5.74, 6) is -0.305. The van der Waals surface area contributed by atoms with E-state index in [4.69, 9.17) is 4.42 Å². The fourth-order valence-electron chi connectivity index (χ4n) is 2.09. The zero-order valence-corrected chi connectivity index (χ0v) is 12.5. The number of oxazole rings is 1. The van der Waals surface area contributed by atoms with Gasteiger partial charge < -0.3 is 4.42 Å². The molecule has 0 unspecified atom stereocenters. The number of aromatic nitrogens is 3. The Morgan fingerprint density at radius 3 is 3.00 bits per heavy atom. The van der Waals surface area contributed by atoms with Crippen LogP contribution in [0, 0.1) is 3.57 Å². The minimum Gasteiger partial charge on any atom is -0.408 e. The molecule has 0 aliphatic rings. The van der Waals surface area contributed by atoms with Gasteiger partial charge in [-0.2, -0.15) is 5.10 Å². The number of rotatable bonds is 3. The van der Waals surface area contributed by atoms with Crippen LogP contribution in [0.4, 0.5) is 0 Å². The van der Waals surface area contributed by atoms with Gasteiger partial charge in [0.25, 0.3) is 0 Å². The van der Waals surface area contributed by atoms with Crippen molar-refractivity contribution in [1.82, 2.24) is 14.3 Å². The van der Waals surface area contributed by atoms with Gasteiger partial charge in [0.05, 0.1) is 11.7 Å². The van der Waals surface area contributed by atoms with E-state index in [-0.39, 0.29) is 5.76 Å². The first kappa shape index (κ1) is 12.5. The quantitative estimate of drug-likeness (QED) is 0.665. The molecular formula is C13H12IN3O2. The second-order valence-electron chi connectivity index (χ2n) is 4.40. The molecule has 6 heteroatoms. The maximum absolute atomic E-state index is 11.8. The number of hydrogen-bond acceptors (Lipinski definition) is 3. The van der Waals surface area contributed by atoms with Gasteiger partial charge in [-0.1, -0.05) is 0 Å². The van der Waals surface area contributed by atoms with Crippen LogP contribution in [0.2, 0.25) is 0 Å². The van der Waals surface area contributed by atoms with E-state index >= 15 is 0 Å². The molecule has 3 aromatic rings. The van der Waals surface area contributed by atoms with Gasteiger partial charge in [0.2, 0.25) is 0 Å². The van der Waals surface area contributed by atoms with Crippen LogP contribution >= 0.6 is 22.6 Å². The van der Waals surface area contributed by atoms with E-state index in [1.165, 1.54) is 0 Å². The number of benzene rings is 1. The lowest BCUT2D eigenvalue weighted by Crippen LogP contribution is -2.15. The normalized spacial score (nSPS) is 11.3. The topological polar surface area (TPSA) is 53.0 Å². The second-order valence-corrected chi connectivity index (χ2v) is 5.65. The molecule has 2 aromatic heterocycles. The van der Waals surface area contributed by atoms with Gasteiger partial charge in [-0.05, 0) is 52.8 Å². The highest BCUT2D eigenvalue weighted by atomic mass is 127. The van der Waals surface area contributed by atoms with E-state index in [2.05, 4.69) is 27.7 Å². The number of nitrogens with zero attached hydrogens (tertiary/aromatic N) is 3. The van der Waals surface area contributed by atoms with Crippen molar-refractivity contribution in [2.45, 2.75) is 13.0 Å². The summed E-state index contributed by atoms with van der Waals surface area (Å²) in [6, 6.07) is 5.72. The molecule has 98 valence electrons. The molecule has 19 heavy (non-hydrogen) atoms. The summed E-state index contributed by atoms with van der Waals surface area (Å²) in [5, 5.41) is 4.12. The Balaban J connectivity index is 1.94. The minimum atomic E-state index is -0.305. The lowest BCUT2D eigenvalue weighted by Gasteiger charge is -2.00. The highest BCUT2D eigenvalue weighted by molar-refractivity contribution is 14.1. The molecule has 1 aromatic carbocycles. The summed E-state index contributed by atoms with van der Waals surface area (Å²) < 4.78 is 9.74. The van der Waals surface area contributed by atoms with Crippen molar-refractivity contribution < 1.29 is 4.42 Å². The molecule has 0 radical (unpaired) electrons. The standard InChI is InChI=1S/C13H12IN3O2/c1-16-8-9(7-15-16)4-5-17-11-6-10(14)2-3-12(11)19-13(17)18/h2-3,6-8H,4-5H2,1H3. The van der Waals surface area contributed by atoms with Gasteiger partial charge >= 0.3 is 5.76 Å². The van der Waals surface area contributed by atoms with Crippen molar-refractivity contribution in [1.29, 1.82) is 0 Å². The largest absolute Gasteiger partial charge is 0.419 e. The molecule has 2 heterocycles. The lowest BCUT2D eigenvalue weighted by atomic mass is 10.2. The van der Waals surface area contributed by atoms with Crippen molar-refractivity contribution in [2.75, 3.05) is 0 Å². The van der Waals surface area contributed by atoms with Gasteiger partial charge in [0.15, 0.2) is 5.58 Å². The van der Waals surface area contributed by atoms with Gasteiger partial charge in [-0.15, -0.1) is 0 Å². The third kappa shape index (κ3) is 2.44. The monoisotopic (exact) mass is 369 g/mol. The smallest absolute Gasteiger partial charge is 0.408 e. The summed E-state index contributed by atoms with van der Waals surface area (Å²) in [7, 11) is 1.88. The fourth-order valence-corrected chi connectivity index (χ4v) is 2.56. The fraction of sp³-hybridized carbons (Fsp3) is 0.231. The molecule has 0 saturated heterocycles. The molecule has 3 rings (SSSR count). The molecule has 5 nitrogen and oxygen atoms in total. The summed E-state index contributed by atoms with van der Waals surface area (Å²) in [6.45, 7) is 0.595. The summed E-state index contributed by atoms with van der Waals surface area (Å²) in [5.41, 5.74) is 2.59. The Bertz CT molecular complexity index is 785. The second kappa shape index (κ2) is 4.84. The lowest BCUT2D eigenvalue weighted by molar-refractivity contribution is 0.505. The minimum absolute atomic E-state index is 0.305. The van der Waals surface area contributed by atoms with Crippen LogP contribution in [0.1, 0.15) is 5.56 Å². The SMILES string of the molecule is Cn1cc(CCn2c(=O)oc3ccc(I)cc32)cn1. The van der Waals surface area contributed by atoms with Gasteiger partial charge in [0, 0.05) is 23.4 Å². The first-order valence-electron chi connectivity index (χ1n) is 5.90. The number of fused-ring (bicyclic) bond motifs is 1. The van der Waals surface area contributed by atoms with Gasteiger partial charge in [0.1, 0.15) is 0 Å². The molecule has 0 N–H and O–H groups in total. The van der Waals surface area contributed by atoms with Crippen LogP contribution < -0.4 is 5.76 Å². The number of hydrogen-bond donors (Lipinski definition) is 0. The molecule has 0 atom stereocenters. The Morgan fingerprint density at radius 1 is 1.42 bits per heavy atom. The average Bonchev–Trinajstić information content (AvgIpc) is 2.90. The van der Waals surface area contributed by atoms with E-state index in [1.807, 2.05) is 37.6 Å². The maximum Gasteiger partial charge on any atom is 0.419 e. The van der Waals surface area contributed by atoms with Crippen LogP contribution in [0.15, 0.2) is 39.8 Å². The van der Waals surface area contributed by atoms with Gasteiger partial charge in [-0.25, -0.2) is 4.79 Å². The Hall–Kier alpha value is -1.57. The molecule has 0 bridgehead atoms. The van der Waals surface area contributed by atoms with E-state index in [0.29, 0.717) is 12.1 Å². The van der Waals surface area contributed by atoms with E-state index in [1.54, 1.807) is 9.25 Å². The van der Waals surface area contributed by atoms with Crippen LogP contribution in [0.3, 0.4) is 0 Å². The zero-order chi connectivity index (χ0) is 13.4. The van der Waals surface area contributed by atoms with Crippen LogP contribution in [-0.2, 0) is 20.0 Å². The first-order chi connectivity index (χ1) is 9.13. The Morgan fingerprint density at radius 2 is 2.26 bits per heavy atom. The highest BCUT2D eigenvalue weighted by Crippen LogP contribution is 2.16. The highest BCUT2D eigenvalue weighted by Gasteiger charge is 2.09. The van der Waals surface area contributed by atoms with Crippen molar-refractivity contribution in [2.24, 2.45) is 7.05 Å². The molecule has 0 aliphatic heterocycles. The zero-order valence-electron chi connectivity index (χ0n) is 10.3. The van der Waals surface area contributed by atoms with Crippen LogP contribution in [0.5, 0.6) is 0 Å². The molecule has 0 fully saturated rings. The molecule has 0 amide bonds. The summed E-state index contributed by atoms with van der Waals surface area (Å²) in [4.78, 5) is 11.8. The van der Waals surface area contributed by atoms with Crippen molar-refractivity contribution in [3.05, 3.63) is 50.3 Å². The third-order valence-electron chi connectivity index (χ3n) is 3.01. The third-order valence-corrected chi connectivity index (χ3v) is 3.68. The van der Waals surface area contributed by atoms with Gasteiger partial charge in [-0.3, -0.25) is 9.25 Å². The van der Waals surface area contributed by atoms with E-state index in [0.717, 1.165) is 21.1 Å². The summed E-state index contributed by atoms with van der Waals surface area (Å²) in [6.07, 6.45) is 4.53. The Labute approximate surface area is 123 Å². The molecule has 0 aliphatic carbocycles. The van der Waals surface area contributed by atoms with Crippen molar-refractivity contribution in [3.63, 3.8) is 0 Å². The number of aryl methyl sites for hydroxylation is 3. The van der Waals surface area contributed by atoms with Crippen molar-refractivity contribution in [3.8, 4) is 0 Å². The Kier molecular flexibility index (Phi) is 3.17. The maximum atomic E-state index is 11.8. The molecule has 0 spiro atoms. The molecule has 0 saturated carbocycles. The predicted octanol–water partition coefficient (Wildman–Crippen LogP) is 2.18. The van der Waals surface area contributed by atoms with Crippen LogP contribution in [-0.4, -0.2) is 14.3 Å². The van der Waals surface area contributed by atoms with E-state index < -0.39 is 0 Å². The van der Waals surface area contributed by atoms with Crippen LogP contribution in [0.25, 0.3) is 11.1 Å². The average molecular weight is 369 g/mol. The first-order valence-corrected chi connectivity index (χ1v) is 6.98. The molecular weight excluding hydrogens is 357 g/mol. The summed E-state index contributed by atoms with van der Waals surface area (Å²) >= 11 is 2.23. The van der Waals surface area contributed by atoms with Crippen molar-refractivity contribution >= 4 is 33.7 Å². The predicted molar refractivity (Wildman–Crippen MR) is 80.1 cm³/mol. The van der Waals surface area contributed by atoms with E-state index in [9.17, 15) is 4.79 Å². The number of halogens is 1.